The maximum Gasteiger partial charge on any atom is 0.507 e. The van der Waals surface area contributed by atoms with Crippen LogP contribution < -0.4 is 11.1 Å². The van der Waals surface area contributed by atoms with Crippen molar-refractivity contribution in [3.05, 3.63) is 35.4 Å². The number of ether oxygens (including phenoxy) is 1. The van der Waals surface area contributed by atoms with Gasteiger partial charge in [-0.3, -0.25) is 25.2 Å². The number of benzene rings is 1. The summed E-state index contributed by atoms with van der Waals surface area (Å²) < 4.78 is 5.42. The maximum absolute atomic E-state index is 13.7. The molecule has 2 heterocycles. The summed E-state index contributed by atoms with van der Waals surface area (Å²) >= 11 is 1.52. The van der Waals surface area contributed by atoms with Gasteiger partial charge in [0.15, 0.2) is 5.72 Å². The molecule has 4 rings (SSSR count). The van der Waals surface area contributed by atoms with Gasteiger partial charge in [-0.1, -0.05) is 43.5 Å². The largest absolute Gasteiger partial charge is 0.507 e. The fraction of sp³-hybridized carbons (Fsp3) is 0.583. The van der Waals surface area contributed by atoms with Crippen LogP contribution in [0.1, 0.15) is 55.7 Å². The van der Waals surface area contributed by atoms with E-state index in [1.165, 1.54) is 23.1 Å². The number of hydrogen-bond acceptors (Lipinski definition) is 7. The number of nitrogens with zero attached hydrogens (tertiary/aromatic N) is 1. The highest BCUT2D eigenvalue weighted by Gasteiger charge is 2.67. The predicted molar refractivity (Wildman–Crippen MR) is 128 cm³/mol. The number of imide groups is 1. The van der Waals surface area contributed by atoms with E-state index in [2.05, 4.69) is 5.32 Å². The summed E-state index contributed by atoms with van der Waals surface area (Å²) in [6, 6.07) is 6.31. The number of amidine groups is 1. The fourth-order valence-electron chi connectivity index (χ4n) is 5.77. The van der Waals surface area contributed by atoms with E-state index >= 15 is 0 Å². The third-order valence-electron chi connectivity index (χ3n) is 7.40. The molecule has 1 saturated carbocycles. The molecule has 1 aliphatic carbocycles. The Labute approximate surface area is 203 Å². The van der Waals surface area contributed by atoms with E-state index in [9.17, 15) is 19.5 Å². The highest BCUT2D eigenvalue weighted by molar-refractivity contribution is 7.98. The van der Waals surface area contributed by atoms with Crippen LogP contribution in [0.25, 0.3) is 0 Å². The number of thioether (sulfide) groups is 1. The highest BCUT2D eigenvalue weighted by atomic mass is 32.2. The molecule has 2 amide bonds. The van der Waals surface area contributed by atoms with Gasteiger partial charge in [0.1, 0.15) is 11.8 Å². The lowest BCUT2D eigenvalue weighted by atomic mass is 9.84. The molecule has 34 heavy (non-hydrogen) atoms. The summed E-state index contributed by atoms with van der Waals surface area (Å²) in [6.45, 7) is 0.381. The number of nitrogens with two attached hydrogens (primary N) is 1. The van der Waals surface area contributed by atoms with Gasteiger partial charge in [-0.15, -0.1) is 0 Å². The Morgan fingerprint density at radius 3 is 2.50 bits per heavy atom. The number of fused-ring (bicyclic) bond motifs is 1. The molecule has 0 aromatic heterocycles. The number of carbonyl (C=O) groups is 3. The Balaban J connectivity index is 1.71. The third-order valence-corrected chi connectivity index (χ3v) is 8.01. The fourth-order valence-corrected chi connectivity index (χ4v) is 6.28. The van der Waals surface area contributed by atoms with Crippen LogP contribution in [0.15, 0.2) is 24.3 Å². The molecule has 3 fully saturated rings. The molecule has 10 heteroatoms. The van der Waals surface area contributed by atoms with Crippen LogP contribution in [-0.4, -0.2) is 58.1 Å². The predicted octanol–water partition coefficient (Wildman–Crippen LogP) is 2.94. The minimum absolute atomic E-state index is 0.0712. The first-order chi connectivity index (χ1) is 16.3. The topological polar surface area (TPSA) is 146 Å². The Morgan fingerprint density at radius 1 is 1.24 bits per heavy atom. The molecule has 184 valence electrons. The van der Waals surface area contributed by atoms with Crippen molar-refractivity contribution in [2.24, 2.45) is 23.5 Å². The van der Waals surface area contributed by atoms with Crippen molar-refractivity contribution in [2.75, 3.05) is 18.6 Å². The zero-order chi connectivity index (χ0) is 24.5. The molecule has 3 aliphatic rings. The smallest absolute Gasteiger partial charge is 0.450 e. The molecular weight excluding hydrogens is 456 g/mol. The van der Waals surface area contributed by atoms with Gasteiger partial charge >= 0.3 is 6.16 Å². The number of carboxylic acid groups (broad SMARTS) is 1. The minimum Gasteiger partial charge on any atom is -0.450 e. The van der Waals surface area contributed by atoms with E-state index in [-0.39, 0.29) is 30.0 Å². The zero-order valence-corrected chi connectivity index (χ0v) is 20.1. The molecule has 4 atom stereocenters. The molecule has 2 aliphatic heterocycles. The van der Waals surface area contributed by atoms with Crippen molar-refractivity contribution >= 4 is 35.6 Å². The summed E-state index contributed by atoms with van der Waals surface area (Å²) in [5.74, 6) is -1.54. The van der Waals surface area contributed by atoms with Crippen molar-refractivity contribution in [3.63, 3.8) is 0 Å². The normalized spacial score (nSPS) is 29.3. The van der Waals surface area contributed by atoms with Gasteiger partial charge < -0.3 is 15.6 Å². The molecule has 1 aromatic rings. The second-order valence-corrected chi connectivity index (χ2v) is 10.4. The van der Waals surface area contributed by atoms with Crippen LogP contribution in [0.3, 0.4) is 0 Å². The number of nitrogen functional groups attached to an aromatic ring is 1. The Hall–Kier alpha value is -2.59. The number of carbonyl (C=O) groups excluding carboxylic acids is 2. The second-order valence-electron chi connectivity index (χ2n) is 9.45. The molecule has 2 saturated heterocycles. The average molecular weight is 489 g/mol. The van der Waals surface area contributed by atoms with Gasteiger partial charge in [-0.25, -0.2) is 4.79 Å². The van der Waals surface area contributed by atoms with Crippen molar-refractivity contribution in [1.29, 1.82) is 5.41 Å². The second kappa shape index (κ2) is 9.95. The van der Waals surface area contributed by atoms with E-state index in [0.29, 0.717) is 17.9 Å². The minimum atomic E-state index is -1.49. The van der Waals surface area contributed by atoms with E-state index in [0.717, 1.165) is 31.2 Å². The van der Waals surface area contributed by atoms with Crippen molar-refractivity contribution in [3.8, 4) is 0 Å². The molecular formula is C24H32N4O5S. The lowest BCUT2D eigenvalue weighted by Crippen LogP contribution is -2.53. The van der Waals surface area contributed by atoms with E-state index in [4.69, 9.17) is 15.9 Å². The maximum atomic E-state index is 13.7. The van der Waals surface area contributed by atoms with Crippen LogP contribution in [-0.2, 0) is 14.3 Å². The van der Waals surface area contributed by atoms with Crippen LogP contribution in [0.4, 0.5) is 4.79 Å². The number of nitrogens with one attached hydrogen (secondary N) is 2. The average Bonchev–Trinajstić information content (AvgIpc) is 3.27. The molecule has 9 nitrogen and oxygen atoms in total. The van der Waals surface area contributed by atoms with Crippen molar-refractivity contribution < 1.29 is 24.2 Å². The van der Waals surface area contributed by atoms with Crippen LogP contribution in [0.2, 0.25) is 0 Å². The van der Waals surface area contributed by atoms with Gasteiger partial charge in [0.05, 0.1) is 5.92 Å². The molecule has 0 radical (unpaired) electrons. The van der Waals surface area contributed by atoms with Crippen molar-refractivity contribution in [2.45, 2.75) is 50.3 Å². The Kier molecular flexibility index (Phi) is 7.18. The third kappa shape index (κ3) is 4.53. The zero-order valence-electron chi connectivity index (χ0n) is 19.3. The number of rotatable bonds is 8. The first kappa shape index (κ1) is 24.5. The van der Waals surface area contributed by atoms with Crippen LogP contribution in [0.5, 0.6) is 0 Å². The van der Waals surface area contributed by atoms with Crippen LogP contribution >= 0.6 is 11.8 Å². The van der Waals surface area contributed by atoms with Crippen molar-refractivity contribution in [1.82, 2.24) is 10.2 Å². The SMILES string of the molecule is CSCCC1(OC(=O)O)NC(c2ccc(C(=N)N)cc2)C2C(=O)N(CC3CCCCC3)C(=O)C21. The van der Waals surface area contributed by atoms with Gasteiger partial charge in [0, 0.05) is 24.6 Å². The van der Waals surface area contributed by atoms with Gasteiger partial charge in [0.2, 0.25) is 11.8 Å². The van der Waals surface area contributed by atoms with Gasteiger partial charge in [-0.05, 0) is 36.3 Å². The number of likely N-dealkylation sites (tertiary alicyclic amines) is 1. The van der Waals surface area contributed by atoms with E-state index < -0.39 is 29.8 Å². The molecule has 1 aromatic carbocycles. The molecule has 0 spiro atoms. The Bertz CT molecular complexity index is 965. The summed E-state index contributed by atoms with van der Waals surface area (Å²) in [5, 5.41) is 20.5. The summed E-state index contributed by atoms with van der Waals surface area (Å²) in [5.41, 5.74) is 5.35. The standard InChI is InChI=1S/C24H32N4O5S/c1-34-12-11-24(33-23(31)32)18-17(19(27-24)15-7-9-16(10-8-15)20(25)26)21(29)28(22(18)30)13-14-5-3-2-4-6-14/h7-10,14,17-19,27H,2-6,11-13H2,1H3,(H3,25,26)(H,31,32). The summed E-state index contributed by atoms with van der Waals surface area (Å²) in [7, 11) is 0. The molecule has 4 unspecified atom stereocenters. The number of amides is 2. The molecule has 0 bridgehead atoms. The summed E-state index contributed by atoms with van der Waals surface area (Å²) in [4.78, 5) is 40.5. The Morgan fingerprint density at radius 2 is 1.91 bits per heavy atom. The van der Waals surface area contributed by atoms with E-state index in [1.807, 2.05) is 6.26 Å². The molecule has 5 N–H and O–H groups in total. The summed E-state index contributed by atoms with van der Waals surface area (Å²) in [6.07, 6.45) is 6.03. The van der Waals surface area contributed by atoms with E-state index in [1.54, 1.807) is 24.3 Å². The quantitative estimate of drug-likeness (QED) is 0.189. The number of hydrogen-bond donors (Lipinski definition) is 4. The lowest BCUT2D eigenvalue weighted by molar-refractivity contribution is -0.145. The van der Waals surface area contributed by atoms with Gasteiger partial charge in [0.25, 0.3) is 0 Å². The highest BCUT2D eigenvalue weighted by Crippen LogP contribution is 2.51. The first-order valence-electron chi connectivity index (χ1n) is 11.8. The van der Waals surface area contributed by atoms with Crippen LogP contribution in [0, 0.1) is 23.2 Å². The first-order valence-corrected chi connectivity index (χ1v) is 13.1. The monoisotopic (exact) mass is 488 g/mol. The van der Waals surface area contributed by atoms with Gasteiger partial charge in [-0.2, -0.15) is 11.8 Å². The lowest BCUT2D eigenvalue weighted by Gasteiger charge is -2.34.